The van der Waals surface area contributed by atoms with Crippen molar-refractivity contribution in [1.29, 1.82) is 0 Å². The van der Waals surface area contributed by atoms with Gasteiger partial charge >= 0.3 is 0 Å². The summed E-state index contributed by atoms with van der Waals surface area (Å²) >= 11 is 0. The second-order valence-electron chi connectivity index (χ2n) is 9.11. The zero-order valence-corrected chi connectivity index (χ0v) is 18.9. The predicted octanol–water partition coefficient (Wildman–Crippen LogP) is -1.18. The Kier molecular flexibility index (Phi) is 6.04. The lowest BCUT2D eigenvalue weighted by Gasteiger charge is -2.55. The number of primary amides is 1. The van der Waals surface area contributed by atoms with Gasteiger partial charge in [0.1, 0.15) is 5.75 Å². The number of hydrogen-bond acceptors (Lipinski definition) is 9. The predicted molar refractivity (Wildman–Crippen MR) is 115 cm³/mol. The maximum atomic E-state index is 13.6. The molecule has 4 rings (SSSR count). The average molecular weight is 481 g/mol. The fourth-order valence-corrected chi connectivity index (χ4v) is 5.95. The number of ketones is 4. The smallest absolute Gasteiger partial charge is 0.235 e. The van der Waals surface area contributed by atoms with Crippen molar-refractivity contribution in [2.45, 2.75) is 30.6 Å². The number of Topliss-reactive ketones (excluding diaryl/α,β-unsaturated/α-hetero) is 4. The Morgan fingerprint density at radius 3 is 2.27 bits per heavy atom. The molecule has 3 aliphatic carbocycles. The van der Waals surface area contributed by atoms with Crippen LogP contribution in [0.1, 0.15) is 28.8 Å². The van der Waals surface area contributed by atoms with Crippen molar-refractivity contribution < 1.29 is 39.3 Å². The molecule has 0 aliphatic heterocycles. The van der Waals surface area contributed by atoms with E-state index >= 15 is 0 Å². The molecule has 1 aromatic carbocycles. The van der Waals surface area contributed by atoms with Gasteiger partial charge in [-0.1, -0.05) is 19.1 Å². The Labute approximate surface area is 195 Å². The largest absolute Gasteiger partial charge is 0.507 e. The van der Waals surface area contributed by atoms with Gasteiger partial charge in [-0.3, -0.25) is 28.9 Å². The molecule has 5 N–H and O–H groups in total. The summed E-state index contributed by atoms with van der Waals surface area (Å²) in [5, 5.41) is 33.1. The molecular formula is C22H25ClN2O8. The molecule has 0 aromatic heterocycles. The number of nitrogens with two attached hydrogens (primary N) is 1. The van der Waals surface area contributed by atoms with Crippen molar-refractivity contribution in [2.24, 2.45) is 29.4 Å². The second kappa shape index (κ2) is 7.98. The summed E-state index contributed by atoms with van der Waals surface area (Å²) in [5.74, 6) is -13.1. The van der Waals surface area contributed by atoms with Crippen LogP contribution in [-0.4, -0.2) is 81.1 Å². The molecule has 3 aliphatic rings. The Morgan fingerprint density at radius 1 is 1.12 bits per heavy atom. The van der Waals surface area contributed by atoms with Gasteiger partial charge in [-0.25, -0.2) is 0 Å². The summed E-state index contributed by atoms with van der Waals surface area (Å²) in [4.78, 5) is 66.3. The van der Waals surface area contributed by atoms with Gasteiger partial charge in [0, 0.05) is 5.92 Å². The molecule has 10 nitrogen and oxygen atoms in total. The van der Waals surface area contributed by atoms with Crippen LogP contribution in [0.15, 0.2) is 18.2 Å². The van der Waals surface area contributed by atoms with Gasteiger partial charge in [0.15, 0.2) is 34.7 Å². The van der Waals surface area contributed by atoms with Crippen LogP contribution >= 0.6 is 12.4 Å². The quantitative estimate of drug-likeness (QED) is 0.379. The lowest BCUT2D eigenvalue weighted by molar-refractivity contribution is -0.196. The summed E-state index contributed by atoms with van der Waals surface area (Å²) < 4.78 is 0. The molecular weight excluding hydrogens is 456 g/mol. The number of phenolic OH excluding ortho intramolecular Hbond substituents is 1. The highest BCUT2D eigenvalue weighted by atomic mass is 35.5. The lowest BCUT2D eigenvalue weighted by Crippen LogP contribution is -2.77. The van der Waals surface area contributed by atoms with E-state index in [0.717, 1.165) is 0 Å². The van der Waals surface area contributed by atoms with E-state index in [0.29, 0.717) is 5.56 Å². The number of likely N-dealkylation sites (N-methyl/N-ethyl adjacent to an activating group) is 1. The molecule has 0 saturated heterocycles. The van der Waals surface area contributed by atoms with Crippen molar-refractivity contribution in [1.82, 2.24) is 4.90 Å². The van der Waals surface area contributed by atoms with Crippen molar-refractivity contribution in [3.05, 3.63) is 29.3 Å². The van der Waals surface area contributed by atoms with Gasteiger partial charge in [-0.15, -0.1) is 12.4 Å². The maximum Gasteiger partial charge on any atom is 0.235 e. The second-order valence-corrected chi connectivity index (χ2v) is 9.11. The van der Waals surface area contributed by atoms with Crippen LogP contribution in [0.5, 0.6) is 5.75 Å². The van der Waals surface area contributed by atoms with Gasteiger partial charge in [0.05, 0.1) is 29.5 Å². The van der Waals surface area contributed by atoms with Gasteiger partial charge in [-0.05, 0) is 31.6 Å². The summed E-state index contributed by atoms with van der Waals surface area (Å²) in [6.45, 7) is 1.66. The van der Waals surface area contributed by atoms with E-state index in [9.17, 15) is 39.3 Å². The Hall–Kier alpha value is -2.66. The van der Waals surface area contributed by atoms with Crippen LogP contribution in [0.4, 0.5) is 0 Å². The number of fused-ring (bicyclic) bond motifs is 3. The van der Waals surface area contributed by atoms with E-state index in [1.54, 1.807) is 13.0 Å². The third-order valence-corrected chi connectivity index (χ3v) is 7.35. The first-order valence-electron chi connectivity index (χ1n) is 10.2. The maximum absolute atomic E-state index is 13.6. The highest BCUT2D eigenvalue weighted by Crippen LogP contribution is 2.54. The van der Waals surface area contributed by atoms with E-state index in [-0.39, 0.29) is 23.7 Å². The summed E-state index contributed by atoms with van der Waals surface area (Å²) in [6.07, 6.45) is -1.62. The normalized spacial score (nSPS) is 37.7. The third kappa shape index (κ3) is 3.01. The number of nitrogens with zero attached hydrogens (tertiary/aromatic N) is 1. The van der Waals surface area contributed by atoms with Gasteiger partial charge in [-0.2, -0.15) is 0 Å². The number of phenols is 1. The first-order chi connectivity index (χ1) is 14.9. The molecule has 11 heteroatoms. The molecule has 1 aromatic rings. The molecule has 0 spiro atoms. The highest BCUT2D eigenvalue weighted by Gasteiger charge is 2.72. The molecule has 8 atom stereocenters. The number of benzene rings is 1. The molecule has 2 saturated carbocycles. The molecule has 0 bridgehead atoms. The minimum Gasteiger partial charge on any atom is -0.507 e. The molecule has 0 radical (unpaired) electrons. The summed E-state index contributed by atoms with van der Waals surface area (Å²) in [7, 11) is 2.89. The molecule has 33 heavy (non-hydrogen) atoms. The number of aliphatic hydroxyl groups excluding tert-OH is 1. The molecule has 2 fully saturated rings. The standard InChI is InChI=1S/C22H24N2O8.ClH/c1-7-8-5-4-6-9(25)11(8)16(26)12-10(7)17(27)14-15(24(2)3)18(28)13(21(23)31)20(30)22(14,32)19(12)29;/h4-7,10,12-15,17,25,27,32H,1-3H3,(H2,23,31);1H/t7-,10+,12?,13?,14+,15-,17-,22?;/m0./s1. The van der Waals surface area contributed by atoms with Gasteiger partial charge < -0.3 is 21.1 Å². The fraction of sp³-hybridized carbons (Fsp3) is 0.500. The van der Waals surface area contributed by atoms with E-state index in [1.165, 1.54) is 31.1 Å². The highest BCUT2D eigenvalue weighted by molar-refractivity contribution is 6.32. The average Bonchev–Trinajstić information content (AvgIpc) is 2.70. The number of aliphatic hydroxyl groups is 2. The van der Waals surface area contributed by atoms with Crippen molar-refractivity contribution in [3.63, 3.8) is 0 Å². The van der Waals surface area contributed by atoms with Gasteiger partial charge in [0.2, 0.25) is 5.91 Å². The number of aromatic hydroxyl groups is 1. The van der Waals surface area contributed by atoms with Crippen LogP contribution in [0.2, 0.25) is 0 Å². The van der Waals surface area contributed by atoms with Crippen molar-refractivity contribution in [3.8, 4) is 5.75 Å². The minimum absolute atomic E-state index is 0. The van der Waals surface area contributed by atoms with Crippen LogP contribution in [0.3, 0.4) is 0 Å². The zero-order chi connectivity index (χ0) is 23.9. The monoisotopic (exact) mass is 480 g/mol. The van der Waals surface area contributed by atoms with Crippen LogP contribution in [0.25, 0.3) is 0 Å². The molecule has 0 heterocycles. The van der Waals surface area contributed by atoms with Crippen LogP contribution in [-0.2, 0) is 19.2 Å². The van der Waals surface area contributed by atoms with Crippen molar-refractivity contribution in [2.75, 3.05) is 14.1 Å². The molecule has 3 unspecified atom stereocenters. The van der Waals surface area contributed by atoms with Gasteiger partial charge in [0.25, 0.3) is 0 Å². The zero-order valence-electron chi connectivity index (χ0n) is 18.1. The fourth-order valence-electron chi connectivity index (χ4n) is 5.95. The van der Waals surface area contributed by atoms with Crippen molar-refractivity contribution >= 4 is 41.4 Å². The lowest BCUT2D eigenvalue weighted by atomic mass is 9.49. The number of carbonyl (C=O) groups is 5. The Morgan fingerprint density at radius 2 is 1.73 bits per heavy atom. The summed E-state index contributed by atoms with van der Waals surface area (Å²) in [5.41, 5.74) is 2.58. The van der Waals surface area contributed by atoms with E-state index < -0.39 is 76.4 Å². The number of amides is 1. The van der Waals surface area contributed by atoms with E-state index in [1.807, 2.05) is 0 Å². The number of halogens is 1. The molecule has 1 amide bonds. The minimum atomic E-state index is -2.97. The topological polar surface area (TPSA) is 175 Å². The third-order valence-electron chi connectivity index (χ3n) is 7.35. The SMILES string of the molecule is C[C@H]1c2cccc(O)c2C(=O)C2C(=O)C3(O)C(=O)C(C(N)=O)C(=O)[C@@H](N(C)C)[C@@H]3[C@@H](O)[C@@H]21.Cl. The number of carbonyl (C=O) groups excluding carboxylic acids is 5. The summed E-state index contributed by atoms with van der Waals surface area (Å²) in [6, 6.07) is 3.03. The first kappa shape index (κ1) is 25.0. The first-order valence-corrected chi connectivity index (χ1v) is 10.2. The number of hydrogen-bond donors (Lipinski definition) is 4. The Balaban J connectivity index is 0.00000306. The Bertz CT molecular complexity index is 1090. The number of rotatable bonds is 2. The van der Waals surface area contributed by atoms with Crippen LogP contribution < -0.4 is 5.73 Å². The van der Waals surface area contributed by atoms with E-state index in [2.05, 4.69) is 0 Å². The molecule has 178 valence electrons. The van der Waals surface area contributed by atoms with E-state index in [4.69, 9.17) is 5.73 Å². The van der Waals surface area contributed by atoms with Crippen LogP contribution in [0, 0.1) is 23.7 Å².